The topological polar surface area (TPSA) is 78.5 Å². The van der Waals surface area contributed by atoms with Gasteiger partial charge in [-0.3, -0.25) is 4.79 Å². The van der Waals surface area contributed by atoms with E-state index in [4.69, 9.17) is 0 Å². The van der Waals surface area contributed by atoms with Crippen LogP contribution < -0.4 is 10.0 Å². The largest absolute Gasteiger partial charge is 0.342 e. The molecule has 0 aromatic rings. The zero-order valence-electron chi connectivity index (χ0n) is 12.0. The summed E-state index contributed by atoms with van der Waals surface area (Å²) in [6.45, 7) is 6.74. The Morgan fingerprint density at radius 1 is 1.37 bits per heavy atom. The standard InChI is InChI=1S/C12H25N3O3S/c1-4-13-9-10(2)12(16)15-7-5-11(6-8-15)14-19(3,17)18/h10-11,13-14H,4-9H2,1-3H3. The van der Waals surface area contributed by atoms with E-state index in [-0.39, 0.29) is 17.9 Å². The zero-order valence-corrected chi connectivity index (χ0v) is 12.8. The second-order valence-electron chi connectivity index (χ2n) is 5.20. The number of hydrogen-bond acceptors (Lipinski definition) is 4. The summed E-state index contributed by atoms with van der Waals surface area (Å²) in [5.41, 5.74) is 0. The molecule has 0 saturated carbocycles. The first-order valence-electron chi connectivity index (χ1n) is 6.80. The summed E-state index contributed by atoms with van der Waals surface area (Å²) in [7, 11) is -3.15. The van der Waals surface area contributed by atoms with Crippen molar-refractivity contribution in [2.75, 3.05) is 32.4 Å². The van der Waals surface area contributed by atoms with Crippen LogP contribution in [-0.2, 0) is 14.8 Å². The van der Waals surface area contributed by atoms with Gasteiger partial charge in [0.1, 0.15) is 0 Å². The second-order valence-corrected chi connectivity index (χ2v) is 6.98. The van der Waals surface area contributed by atoms with E-state index in [1.807, 2.05) is 18.7 Å². The molecule has 1 atom stereocenters. The molecule has 0 spiro atoms. The van der Waals surface area contributed by atoms with E-state index in [1.165, 1.54) is 6.26 Å². The zero-order chi connectivity index (χ0) is 14.5. The summed E-state index contributed by atoms with van der Waals surface area (Å²) in [5.74, 6) is 0.123. The predicted octanol–water partition coefficient (Wildman–Crippen LogP) is -0.228. The lowest BCUT2D eigenvalue weighted by atomic mass is 10.0. The highest BCUT2D eigenvalue weighted by molar-refractivity contribution is 7.88. The van der Waals surface area contributed by atoms with Crippen LogP contribution in [0.2, 0.25) is 0 Å². The fourth-order valence-corrected chi connectivity index (χ4v) is 3.12. The highest BCUT2D eigenvalue weighted by atomic mass is 32.2. The molecule has 1 unspecified atom stereocenters. The van der Waals surface area contributed by atoms with Gasteiger partial charge in [-0.1, -0.05) is 13.8 Å². The number of likely N-dealkylation sites (tertiary alicyclic amines) is 1. The molecule has 1 amide bonds. The van der Waals surface area contributed by atoms with Gasteiger partial charge >= 0.3 is 0 Å². The van der Waals surface area contributed by atoms with E-state index in [2.05, 4.69) is 10.0 Å². The Bertz CT molecular complexity index is 389. The SMILES string of the molecule is CCNCC(C)C(=O)N1CCC(NS(C)(=O)=O)CC1. The van der Waals surface area contributed by atoms with Crippen molar-refractivity contribution in [3.63, 3.8) is 0 Å². The highest BCUT2D eigenvalue weighted by Crippen LogP contribution is 2.13. The summed E-state index contributed by atoms with van der Waals surface area (Å²) in [6.07, 6.45) is 2.54. The Balaban J connectivity index is 2.38. The van der Waals surface area contributed by atoms with Crippen molar-refractivity contribution in [1.82, 2.24) is 14.9 Å². The van der Waals surface area contributed by atoms with E-state index in [0.29, 0.717) is 32.5 Å². The maximum Gasteiger partial charge on any atom is 0.226 e. The normalized spacial score (nSPS) is 19.4. The van der Waals surface area contributed by atoms with E-state index in [1.54, 1.807) is 0 Å². The lowest BCUT2D eigenvalue weighted by Gasteiger charge is -2.33. The van der Waals surface area contributed by atoms with Crippen molar-refractivity contribution in [3.05, 3.63) is 0 Å². The first-order chi connectivity index (χ1) is 8.83. The van der Waals surface area contributed by atoms with Gasteiger partial charge in [-0.15, -0.1) is 0 Å². The van der Waals surface area contributed by atoms with Gasteiger partial charge < -0.3 is 10.2 Å². The summed E-state index contributed by atoms with van der Waals surface area (Å²) in [5, 5.41) is 3.17. The number of piperidine rings is 1. The van der Waals surface area contributed by atoms with Gasteiger partial charge in [0.05, 0.1) is 6.26 Å². The van der Waals surface area contributed by atoms with Gasteiger partial charge in [-0.05, 0) is 19.4 Å². The van der Waals surface area contributed by atoms with Crippen LogP contribution in [0.4, 0.5) is 0 Å². The van der Waals surface area contributed by atoms with Gasteiger partial charge in [0.15, 0.2) is 0 Å². The maximum atomic E-state index is 12.1. The molecule has 1 aliphatic heterocycles. The molecule has 1 rings (SSSR count). The van der Waals surface area contributed by atoms with Gasteiger partial charge in [-0.2, -0.15) is 0 Å². The van der Waals surface area contributed by atoms with Crippen molar-refractivity contribution in [1.29, 1.82) is 0 Å². The van der Waals surface area contributed by atoms with Crippen molar-refractivity contribution >= 4 is 15.9 Å². The molecule has 1 fully saturated rings. The number of hydrogen-bond donors (Lipinski definition) is 2. The molecule has 1 heterocycles. The van der Waals surface area contributed by atoms with Crippen molar-refractivity contribution in [2.24, 2.45) is 5.92 Å². The smallest absolute Gasteiger partial charge is 0.226 e. The number of rotatable bonds is 6. The molecule has 0 aliphatic carbocycles. The van der Waals surface area contributed by atoms with Crippen LogP contribution in [-0.4, -0.2) is 57.7 Å². The molecular formula is C12H25N3O3S. The third-order valence-corrected chi connectivity index (χ3v) is 4.07. The van der Waals surface area contributed by atoms with Crippen LogP contribution in [0.15, 0.2) is 0 Å². The molecule has 112 valence electrons. The van der Waals surface area contributed by atoms with Crippen LogP contribution in [0.3, 0.4) is 0 Å². The molecule has 0 aromatic carbocycles. The monoisotopic (exact) mass is 291 g/mol. The van der Waals surface area contributed by atoms with E-state index in [0.717, 1.165) is 6.54 Å². The first-order valence-corrected chi connectivity index (χ1v) is 8.69. The highest BCUT2D eigenvalue weighted by Gasteiger charge is 2.26. The van der Waals surface area contributed by atoms with Crippen LogP contribution in [0.25, 0.3) is 0 Å². The van der Waals surface area contributed by atoms with E-state index < -0.39 is 10.0 Å². The molecule has 0 aromatic heterocycles. The van der Waals surface area contributed by atoms with Crippen molar-refractivity contribution in [3.8, 4) is 0 Å². The number of amides is 1. The summed E-state index contributed by atoms with van der Waals surface area (Å²) < 4.78 is 24.9. The van der Waals surface area contributed by atoms with E-state index in [9.17, 15) is 13.2 Å². The minimum absolute atomic E-state index is 0.0284. The summed E-state index contributed by atoms with van der Waals surface area (Å²) in [6, 6.07) is -0.0388. The molecule has 0 bridgehead atoms. The van der Waals surface area contributed by atoms with Crippen molar-refractivity contribution < 1.29 is 13.2 Å². The molecular weight excluding hydrogens is 266 g/mol. The number of nitrogens with one attached hydrogen (secondary N) is 2. The quantitative estimate of drug-likeness (QED) is 0.709. The molecule has 2 N–H and O–H groups in total. The van der Waals surface area contributed by atoms with Crippen LogP contribution in [0.1, 0.15) is 26.7 Å². The molecule has 6 nitrogen and oxygen atoms in total. The first kappa shape index (κ1) is 16.4. The third-order valence-electron chi connectivity index (χ3n) is 3.31. The second kappa shape index (κ2) is 7.21. The van der Waals surface area contributed by atoms with Crippen LogP contribution in [0.5, 0.6) is 0 Å². The van der Waals surface area contributed by atoms with Crippen LogP contribution >= 0.6 is 0 Å². The molecule has 19 heavy (non-hydrogen) atoms. The van der Waals surface area contributed by atoms with E-state index >= 15 is 0 Å². The Kier molecular flexibility index (Phi) is 6.22. The summed E-state index contributed by atoms with van der Waals surface area (Å²) in [4.78, 5) is 14.0. The molecule has 0 radical (unpaired) electrons. The Morgan fingerprint density at radius 2 is 1.95 bits per heavy atom. The van der Waals surface area contributed by atoms with Crippen LogP contribution in [0, 0.1) is 5.92 Å². The number of nitrogens with zero attached hydrogens (tertiary/aromatic N) is 1. The third kappa shape index (κ3) is 5.88. The van der Waals surface area contributed by atoms with Gasteiger partial charge in [-0.25, -0.2) is 13.1 Å². The fourth-order valence-electron chi connectivity index (χ4n) is 2.28. The lowest BCUT2D eigenvalue weighted by molar-refractivity contribution is -0.135. The Morgan fingerprint density at radius 3 is 2.42 bits per heavy atom. The molecule has 7 heteroatoms. The number of carbonyl (C=O) groups is 1. The molecule has 1 aliphatic rings. The van der Waals surface area contributed by atoms with Gasteiger partial charge in [0.25, 0.3) is 0 Å². The minimum atomic E-state index is -3.15. The number of carbonyl (C=O) groups excluding carboxylic acids is 1. The van der Waals surface area contributed by atoms with Gasteiger partial charge in [0.2, 0.25) is 15.9 Å². The average molecular weight is 291 g/mol. The maximum absolute atomic E-state index is 12.1. The fraction of sp³-hybridized carbons (Fsp3) is 0.917. The average Bonchev–Trinajstić information content (AvgIpc) is 2.34. The predicted molar refractivity (Wildman–Crippen MR) is 75.3 cm³/mol. The minimum Gasteiger partial charge on any atom is -0.342 e. The van der Waals surface area contributed by atoms with Crippen molar-refractivity contribution in [2.45, 2.75) is 32.7 Å². The summed E-state index contributed by atoms with van der Waals surface area (Å²) >= 11 is 0. The number of sulfonamides is 1. The molecule has 1 saturated heterocycles. The van der Waals surface area contributed by atoms with Gasteiger partial charge in [0, 0.05) is 31.6 Å². The lowest BCUT2D eigenvalue weighted by Crippen LogP contribution is -2.48. The Hall–Kier alpha value is -0.660. The Labute approximate surface area is 116 Å².